The molecule has 2 saturated carbocycles. The van der Waals surface area contributed by atoms with E-state index in [1.165, 1.54) is 169 Å². The standard InChI is InChI=1S/C74H79BN4/c1-71(2,3)51-39-55(73(7,8)9)65-53-33-48(44-25-17-13-18-26-44)35-57-68(53)78(61(65)41-51)63-37-50(70-76-59(46-29-21-15-22-30-46)43-60(77-70)47-31-23-16-24-32-47)38-64-67(63)75(57)58-36-49(45-27-19-14-20-28-45)34-54-66-56(74(10,11)12)40-52(72(4,5)6)42-62(66)79(64)69(54)58/h15-16,21-24,29-45H,13-14,17-20,25-28H2,1-12H3. The van der Waals surface area contributed by atoms with Crippen molar-refractivity contribution >= 4 is 66.7 Å². The number of hydrogen-bond acceptors (Lipinski definition) is 2. The molecule has 3 aromatic heterocycles. The molecular formula is C74H79BN4. The molecule has 4 nitrogen and oxygen atoms in total. The molecule has 2 aliphatic heterocycles. The molecule has 0 amide bonds. The van der Waals surface area contributed by atoms with E-state index in [-0.39, 0.29) is 28.4 Å². The summed E-state index contributed by atoms with van der Waals surface area (Å²) in [7, 11) is 0. The Morgan fingerprint density at radius 2 is 0.823 bits per heavy atom. The average Bonchev–Trinajstić information content (AvgIpc) is 3.49. The van der Waals surface area contributed by atoms with Gasteiger partial charge in [-0.05, 0) is 151 Å². The van der Waals surface area contributed by atoms with Crippen LogP contribution >= 0.6 is 0 Å². The third-order valence-electron chi connectivity index (χ3n) is 19.2. The summed E-state index contributed by atoms with van der Waals surface area (Å²) in [6.45, 7) is 29.0. The quantitative estimate of drug-likeness (QED) is 0.161. The Labute approximate surface area is 470 Å². The van der Waals surface area contributed by atoms with Gasteiger partial charge < -0.3 is 9.13 Å². The molecule has 0 atom stereocenters. The third-order valence-corrected chi connectivity index (χ3v) is 19.2. The lowest BCUT2D eigenvalue weighted by atomic mass is 9.34. The van der Waals surface area contributed by atoms with Gasteiger partial charge in [0.25, 0.3) is 6.71 Å². The van der Waals surface area contributed by atoms with Crippen molar-refractivity contribution in [1.29, 1.82) is 0 Å². The van der Waals surface area contributed by atoms with Crippen LogP contribution in [0.2, 0.25) is 0 Å². The van der Waals surface area contributed by atoms with E-state index in [1.807, 2.05) is 0 Å². The Morgan fingerprint density at radius 1 is 0.418 bits per heavy atom. The first-order valence-electron chi connectivity index (χ1n) is 30.2. The summed E-state index contributed by atoms with van der Waals surface area (Å²) in [5, 5.41) is 5.66. The van der Waals surface area contributed by atoms with Gasteiger partial charge in [-0.15, -0.1) is 0 Å². The van der Waals surface area contributed by atoms with Gasteiger partial charge in [0.1, 0.15) is 0 Å². The highest BCUT2D eigenvalue weighted by molar-refractivity contribution is 7.00. The Hall–Kier alpha value is -6.72. The van der Waals surface area contributed by atoms with Crippen LogP contribution in [0.1, 0.15) is 193 Å². The Bertz CT molecular complexity index is 3850. The van der Waals surface area contributed by atoms with E-state index < -0.39 is 0 Å². The van der Waals surface area contributed by atoms with Crippen LogP contribution in [0.15, 0.2) is 127 Å². The normalized spacial score (nSPS) is 16.2. The highest BCUT2D eigenvalue weighted by Crippen LogP contribution is 2.49. The van der Waals surface area contributed by atoms with Crippen molar-refractivity contribution in [3.05, 3.63) is 161 Å². The van der Waals surface area contributed by atoms with Gasteiger partial charge in [-0.2, -0.15) is 0 Å². The zero-order chi connectivity index (χ0) is 54.7. The van der Waals surface area contributed by atoms with Crippen LogP contribution in [0, 0.1) is 0 Å². The molecule has 14 rings (SSSR count). The van der Waals surface area contributed by atoms with E-state index in [4.69, 9.17) is 9.97 Å². The zero-order valence-electron chi connectivity index (χ0n) is 49.2. The van der Waals surface area contributed by atoms with E-state index in [0.717, 1.165) is 33.9 Å². The number of rotatable bonds is 5. The van der Waals surface area contributed by atoms with E-state index >= 15 is 0 Å². The summed E-state index contributed by atoms with van der Waals surface area (Å²) < 4.78 is 5.51. The smallest absolute Gasteiger partial charge is 0.252 e. The van der Waals surface area contributed by atoms with Gasteiger partial charge in [-0.25, -0.2) is 9.97 Å². The molecule has 10 aromatic rings. The molecule has 0 radical (unpaired) electrons. The van der Waals surface area contributed by atoms with Crippen LogP contribution in [0.25, 0.3) is 88.9 Å². The molecular weight excluding hydrogens is 956 g/mol. The summed E-state index contributed by atoms with van der Waals surface area (Å²) in [6, 6.07) is 49.8. The minimum absolute atomic E-state index is 0.0153. The summed E-state index contributed by atoms with van der Waals surface area (Å²) in [6.07, 6.45) is 12.9. The van der Waals surface area contributed by atoms with Crippen molar-refractivity contribution in [2.24, 2.45) is 0 Å². The Balaban J connectivity index is 1.21. The number of hydrogen-bond donors (Lipinski definition) is 0. The van der Waals surface area contributed by atoms with Crippen molar-refractivity contribution in [2.45, 2.75) is 181 Å². The van der Waals surface area contributed by atoms with Crippen molar-refractivity contribution < 1.29 is 0 Å². The van der Waals surface area contributed by atoms with Crippen LogP contribution < -0.4 is 16.4 Å². The van der Waals surface area contributed by atoms with Crippen LogP contribution in [0.5, 0.6) is 0 Å². The topological polar surface area (TPSA) is 35.6 Å². The van der Waals surface area contributed by atoms with Gasteiger partial charge in [0, 0.05) is 60.6 Å². The fourth-order valence-electron chi connectivity index (χ4n) is 15.0. The van der Waals surface area contributed by atoms with Crippen molar-refractivity contribution in [3.8, 4) is 45.3 Å². The maximum absolute atomic E-state index is 5.63. The molecule has 0 unspecified atom stereocenters. The fourth-order valence-corrected chi connectivity index (χ4v) is 15.0. The third kappa shape index (κ3) is 8.12. The molecule has 2 aliphatic carbocycles. The van der Waals surface area contributed by atoms with E-state index in [9.17, 15) is 0 Å². The summed E-state index contributed by atoms with van der Waals surface area (Å²) in [5.74, 6) is 1.83. The molecule has 5 heterocycles. The van der Waals surface area contributed by atoms with Crippen LogP contribution in [0.3, 0.4) is 0 Å². The first-order valence-corrected chi connectivity index (χ1v) is 30.2. The van der Waals surface area contributed by atoms with Gasteiger partial charge in [-0.3, -0.25) is 0 Å². The largest absolute Gasteiger partial charge is 0.310 e. The molecule has 5 heteroatoms. The molecule has 2 fully saturated rings. The van der Waals surface area contributed by atoms with Gasteiger partial charge in [0.05, 0.1) is 22.4 Å². The lowest BCUT2D eigenvalue weighted by molar-refractivity contribution is 0.444. The average molecular weight is 1040 g/mol. The highest BCUT2D eigenvalue weighted by Gasteiger charge is 2.44. The predicted octanol–water partition coefficient (Wildman–Crippen LogP) is 18.1. The van der Waals surface area contributed by atoms with Crippen molar-refractivity contribution in [3.63, 3.8) is 0 Å². The van der Waals surface area contributed by atoms with Crippen LogP contribution in [-0.4, -0.2) is 25.8 Å². The first-order chi connectivity index (χ1) is 37.7. The zero-order valence-corrected chi connectivity index (χ0v) is 49.2. The highest BCUT2D eigenvalue weighted by atomic mass is 15.0. The van der Waals surface area contributed by atoms with Gasteiger partial charge in [0.2, 0.25) is 0 Å². The Kier molecular flexibility index (Phi) is 11.4. The summed E-state index contributed by atoms with van der Waals surface area (Å²) >= 11 is 0. The van der Waals surface area contributed by atoms with E-state index in [0.29, 0.717) is 11.8 Å². The molecule has 0 N–H and O–H groups in total. The molecule has 7 aromatic carbocycles. The predicted molar refractivity (Wildman–Crippen MR) is 338 cm³/mol. The number of nitrogens with zero attached hydrogens (tertiary/aromatic N) is 4. The molecule has 4 aliphatic rings. The van der Waals surface area contributed by atoms with Crippen LogP contribution in [-0.2, 0) is 21.7 Å². The number of fused-ring (bicyclic) bond motifs is 10. The lowest BCUT2D eigenvalue weighted by Gasteiger charge is -2.35. The van der Waals surface area contributed by atoms with Crippen molar-refractivity contribution in [1.82, 2.24) is 19.1 Å². The minimum atomic E-state index is -0.107. The van der Waals surface area contributed by atoms with Gasteiger partial charge in [0.15, 0.2) is 5.82 Å². The maximum atomic E-state index is 5.63. The van der Waals surface area contributed by atoms with Gasteiger partial charge >= 0.3 is 0 Å². The van der Waals surface area contributed by atoms with Gasteiger partial charge in [-0.1, -0.05) is 207 Å². The molecule has 398 valence electrons. The fraction of sp³-hybridized carbons (Fsp3) is 0.378. The van der Waals surface area contributed by atoms with E-state index in [2.05, 4.69) is 220 Å². The second kappa shape index (κ2) is 17.9. The molecule has 0 saturated heterocycles. The Morgan fingerprint density at radius 3 is 1.20 bits per heavy atom. The van der Waals surface area contributed by atoms with Crippen LogP contribution in [0.4, 0.5) is 0 Å². The SMILES string of the molecule is CC(C)(C)c1cc(C(C)(C)C)c2c3cc(C4CCCCC4)cc4c3n(c2c1)-c1cc(-c2nc(-c3ccccc3)cc(-c3ccccc3)n2)cc2c1B4c1cc(C3CCCCC3)cc3c4c(C(C)(C)C)cc(C(C)(C)C)cc4n-2c13. The van der Waals surface area contributed by atoms with Crippen molar-refractivity contribution in [2.75, 3.05) is 0 Å². The maximum Gasteiger partial charge on any atom is 0.252 e. The first kappa shape index (κ1) is 50.5. The minimum Gasteiger partial charge on any atom is -0.310 e. The number of aromatic nitrogens is 4. The van der Waals surface area contributed by atoms with E-state index in [1.54, 1.807) is 0 Å². The second-order valence-electron chi connectivity index (χ2n) is 28.7. The summed E-state index contributed by atoms with van der Waals surface area (Å²) in [5.41, 5.74) is 25.6. The molecule has 0 bridgehead atoms. The molecule has 0 spiro atoms. The summed E-state index contributed by atoms with van der Waals surface area (Å²) in [4.78, 5) is 11.3. The second-order valence-corrected chi connectivity index (χ2v) is 28.7. The monoisotopic (exact) mass is 1030 g/mol. The number of benzene rings is 7. The molecule has 79 heavy (non-hydrogen) atoms. The lowest BCUT2D eigenvalue weighted by Crippen LogP contribution is -2.59.